The average Bonchev–Trinajstić information content (AvgIpc) is 3.03. The summed E-state index contributed by atoms with van der Waals surface area (Å²) in [6.45, 7) is 3.56. The zero-order chi connectivity index (χ0) is 21.3. The van der Waals surface area contributed by atoms with E-state index < -0.39 is 61.9 Å². The number of carbonyl (C=O) groups excluding carboxylic acids is 1. The monoisotopic (exact) mass is 424 g/mol. The van der Waals surface area contributed by atoms with Gasteiger partial charge in [0.05, 0.1) is 24.3 Å². The molecule has 2 N–H and O–H groups in total. The number of hydrogen-bond acceptors (Lipinski definition) is 7. The quantitative estimate of drug-likeness (QED) is 0.492. The first-order valence-electron chi connectivity index (χ1n) is 8.34. The van der Waals surface area contributed by atoms with Gasteiger partial charge in [-0.15, -0.1) is 0 Å². The second-order valence-corrected chi connectivity index (χ2v) is 8.53. The van der Waals surface area contributed by atoms with E-state index in [0.717, 1.165) is 4.57 Å². The maximum absolute atomic E-state index is 14.0. The Labute approximate surface area is 158 Å². The average molecular weight is 424 g/mol. The predicted molar refractivity (Wildman–Crippen MR) is 91.6 cm³/mol. The van der Waals surface area contributed by atoms with Gasteiger partial charge in [-0.1, -0.05) is 0 Å². The molecule has 1 saturated heterocycles. The molecule has 1 aliphatic rings. The fourth-order valence-electron chi connectivity index (χ4n) is 2.44. The first kappa shape index (κ1) is 22.4. The van der Waals surface area contributed by atoms with Gasteiger partial charge in [0, 0.05) is 0 Å². The van der Waals surface area contributed by atoms with Gasteiger partial charge in [-0.2, -0.15) is 4.39 Å². The van der Waals surface area contributed by atoms with E-state index in [1.54, 1.807) is 20.8 Å². The molecule has 0 saturated carbocycles. The fourth-order valence-corrected chi connectivity index (χ4v) is 2.80. The van der Waals surface area contributed by atoms with E-state index in [2.05, 4.69) is 4.52 Å². The number of esters is 1. The van der Waals surface area contributed by atoms with Gasteiger partial charge in [0.25, 0.3) is 5.56 Å². The minimum absolute atomic E-state index is 0.217. The Morgan fingerprint density at radius 2 is 2.00 bits per heavy atom. The van der Waals surface area contributed by atoms with Crippen molar-refractivity contribution >= 4 is 13.8 Å². The van der Waals surface area contributed by atoms with Crippen molar-refractivity contribution in [1.29, 1.82) is 0 Å². The second kappa shape index (κ2) is 8.26. The first-order valence-corrected chi connectivity index (χ1v) is 9.87. The molecular formula is C15H22FN2O9P. The third-order valence-electron chi connectivity index (χ3n) is 3.91. The minimum Gasteiger partial charge on any atom is -0.443 e. The number of phosphoric ester groups is 1. The summed E-state index contributed by atoms with van der Waals surface area (Å²) in [5.41, 5.74) is -3.08. The summed E-state index contributed by atoms with van der Waals surface area (Å²) in [7, 11) is -4.68. The summed E-state index contributed by atoms with van der Waals surface area (Å²) in [6, 6.07) is 0. The lowest BCUT2D eigenvalue weighted by atomic mass is 9.98. The molecule has 0 bridgehead atoms. The van der Waals surface area contributed by atoms with Crippen molar-refractivity contribution in [3.8, 4) is 0 Å². The van der Waals surface area contributed by atoms with Gasteiger partial charge in [0.2, 0.25) is 5.82 Å². The first-order chi connectivity index (χ1) is 12.8. The number of hydrogen-bond donors (Lipinski definition) is 2. The van der Waals surface area contributed by atoms with Crippen molar-refractivity contribution in [2.45, 2.75) is 52.7 Å². The van der Waals surface area contributed by atoms with Crippen molar-refractivity contribution < 1.29 is 37.5 Å². The number of nitrogens with zero attached hydrogens (tertiary/aromatic N) is 2. The lowest BCUT2D eigenvalue weighted by Crippen LogP contribution is -2.43. The van der Waals surface area contributed by atoms with Crippen LogP contribution < -0.4 is 11.2 Å². The van der Waals surface area contributed by atoms with Crippen molar-refractivity contribution in [1.82, 2.24) is 9.13 Å². The van der Waals surface area contributed by atoms with Gasteiger partial charge in [0.1, 0.15) is 6.23 Å². The normalized spacial score (nSPS) is 20.4. The molecule has 0 radical (unpaired) electrons. The number of halogens is 1. The second-order valence-electron chi connectivity index (χ2n) is 7.29. The molecule has 13 heteroatoms. The van der Waals surface area contributed by atoms with Gasteiger partial charge in [-0.05, 0) is 33.6 Å². The third-order valence-corrected chi connectivity index (χ3v) is 4.40. The predicted octanol–water partition coefficient (Wildman–Crippen LogP) is 0.483. The molecule has 1 fully saturated rings. The van der Waals surface area contributed by atoms with E-state index in [1.165, 1.54) is 0 Å². The SMILES string of the molecule is CC(C)(C)C(=O)OCn1c(=O)c(F)cn([C@H]2CC[C@@H](COP(=O)(O)O)O2)c1=O. The molecular weight excluding hydrogens is 402 g/mol. The van der Waals surface area contributed by atoms with Crippen molar-refractivity contribution in [2.75, 3.05) is 6.61 Å². The van der Waals surface area contributed by atoms with Crippen LogP contribution in [0.2, 0.25) is 0 Å². The molecule has 28 heavy (non-hydrogen) atoms. The van der Waals surface area contributed by atoms with Crippen LogP contribution in [0.4, 0.5) is 4.39 Å². The summed E-state index contributed by atoms with van der Waals surface area (Å²) in [5.74, 6) is -1.92. The highest BCUT2D eigenvalue weighted by molar-refractivity contribution is 7.46. The van der Waals surface area contributed by atoms with E-state index in [0.29, 0.717) is 10.8 Å². The molecule has 11 nitrogen and oxygen atoms in total. The van der Waals surface area contributed by atoms with Gasteiger partial charge in [-0.25, -0.2) is 13.9 Å². The molecule has 0 unspecified atom stereocenters. The molecule has 0 aromatic carbocycles. The standard InChI is InChI=1S/C15H22FN2O9P/c1-15(2,3)13(20)25-8-18-12(19)10(16)6-17(14(18)21)11-5-4-9(27-11)7-26-28(22,23)24/h6,9,11H,4-5,7-8H2,1-3H3,(H2,22,23,24)/t9-,11+/m0/s1. The highest BCUT2D eigenvalue weighted by atomic mass is 31.2. The van der Waals surface area contributed by atoms with Gasteiger partial charge in [0.15, 0.2) is 6.73 Å². The zero-order valence-corrected chi connectivity index (χ0v) is 16.4. The number of aromatic nitrogens is 2. The molecule has 0 spiro atoms. The van der Waals surface area contributed by atoms with Crippen LogP contribution in [0.25, 0.3) is 0 Å². The molecule has 2 heterocycles. The Morgan fingerprint density at radius 3 is 2.57 bits per heavy atom. The van der Waals surface area contributed by atoms with Crippen LogP contribution >= 0.6 is 7.82 Å². The van der Waals surface area contributed by atoms with Crippen LogP contribution in [0.5, 0.6) is 0 Å². The summed E-state index contributed by atoms with van der Waals surface area (Å²) < 4.78 is 40.8. The van der Waals surface area contributed by atoms with Crippen LogP contribution in [0.3, 0.4) is 0 Å². The van der Waals surface area contributed by atoms with E-state index in [9.17, 15) is 23.3 Å². The highest BCUT2D eigenvalue weighted by Crippen LogP contribution is 2.37. The van der Waals surface area contributed by atoms with Gasteiger partial charge >= 0.3 is 19.5 Å². The number of rotatable bonds is 6. The van der Waals surface area contributed by atoms with Crippen LogP contribution in [0, 0.1) is 11.2 Å². The minimum atomic E-state index is -4.68. The topological polar surface area (TPSA) is 146 Å². The molecule has 2 rings (SSSR count). The number of ether oxygens (including phenoxy) is 2. The largest absolute Gasteiger partial charge is 0.469 e. The van der Waals surface area contributed by atoms with Crippen LogP contribution in [0.1, 0.15) is 39.8 Å². The van der Waals surface area contributed by atoms with E-state index >= 15 is 0 Å². The third kappa shape index (κ3) is 5.58. The lowest BCUT2D eigenvalue weighted by Gasteiger charge is -2.19. The van der Waals surface area contributed by atoms with Gasteiger partial charge < -0.3 is 19.3 Å². The Bertz CT molecular complexity index is 898. The van der Waals surface area contributed by atoms with Crippen molar-refractivity contribution in [3.63, 3.8) is 0 Å². The maximum atomic E-state index is 14.0. The maximum Gasteiger partial charge on any atom is 0.469 e. The Hall–Kier alpha value is -1.85. The van der Waals surface area contributed by atoms with Crippen molar-refractivity contribution in [2.24, 2.45) is 5.41 Å². The van der Waals surface area contributed by atoms with Crippen molar-refractivity contribution in [3.05, 3.63) is 32.9 Å². The van der Waals surface area contributed by atoms with Crippen LogP contribution in [-0.2, 0) is 30.1 Å². The Morgan fingerprint density at radius 1 is 1.36 bits per heavy atom. The molecule has 1 aromatic rings. The Kier molecular flexibility index (Phi) is 6.62. The molecule has 1 aromatic heterocycles. The highest BCUT2D eigenvalue weighted by Gasteiger charge is 2.31. The van der Waals surface area contributed by atoms with Crippen LogP contribution in [0.15, 0.2) is 15.8 Å². The number of phosphoric acid groups is 1. The summed E-state index contributed by atoms with van der Waals surface area (Å²) >= 11 is 0. The van der Waals surface area contributed by atoms with Gasteiger partial charge in [-0.3, -0.25) is 18.7 Å². The molecule has 0 aliphatic carbocycles. The zero-order valence-electron chi connectivity index (χ0n) is 15.5. The fraction of sp³-hybridized carbons (Fsp3) is 0.667. The molecule has 158 valence electrons. The number of carbonyl (C=O) groups is 1. The van der Waals surface area contributed by atoms with E-state index in [-0.39, 0.29) is 12.8 Å². The van der Waals surface area contributed by atoms with E-state index in [1.807, 2.05) is 0 Å². The Balaban J connectivity index is 2.19. The van der Waals surface area contributed by atoms with E-state index in [4.69, 9.17) is 19.3 Å². The smallest absolute Gasteiger partial charge is 0.443 e. The molecule has 0 amide bonds. The molecule has 2 atom stereocenters. The summed E-state index contributed by atoms with van der Waals surface area (Å²) in [5, 5.41) is 0. The van der Waals surface area contributed by atoms with Crippen LogP contribution in [-0.4, -0.2) is 37.6 Å². The summed E-state index contributed by atoms with van der Waals surface area (Å²) in [4.78, 5) is 53.8. The lowest BCUT2D eigenvalue weighted by molar-refractivity contribution is -0.157. The molecule has 1 aliphatic heterocycles. The summed E-state index contributed by atoms with van der Waals surface area (Å²) in [6.07, 6.45) is -0.515.